The first-order valence-electron chi connectivity index (χ1n) is 4.98. The van der Waals surface area contributed by atoms with Crippen molar-refractivity contribution in [3.8, 4) is 5.75 Å². The number of hydrogen-bond donors (Lipinski definition) is 0. The van der Waals surface area contributed by atoms with Crippen LogP contribution in [0.3, 0.4) is 0 Å². The van der Waals surface area contributed by atoms with Gasteiger partial charge in [-0.1, -0.05) is 0 Å². The van der Waals surface area contributed by atoms with E-state index < -0.39 is 36.3 Å². The fraction of sp³-hybridized carbons (Fsp3) is 0.273. The number of ether oxygens (including phenoxy) is 1. The van der Waals surface area contributed by atoms with Gasteiger partial charge in [-0.3, -0.25) is 9.59 Å². The first-order chi connectivity index (χ1) is 8.99. The van der Waals surface area contributed by atoms with Crippen LogP contribution in [0.4, 0.5) is 26.3 Å². The Morgan fingerprint density at radius 1 is 0.950 bits per heavy atom. The van der Waals surface area contributed by atoms with Gasteiger partial charge in [-0.25, -0.2) is 0 Å². The number of halogens is 6. The molecule has 0 fully saturated rings. The van der Waals surface area contributed by atoms with Gasteiger partial charge >= 0.3 is 12.5 Å². The molecule has 0 bridgehead atoms. The molecule has 3 nitrogen and oxygen atoms in total. The van der Waals surface area contributed by atoms with E-state index in [4.69, 9.17) is 0 Å². The van der Waals surface area contributed by atoms with E-state index in [0.717, 1.165) is 24.3 Å². The third-order valence-corrected chi connectivity index (χ3v) is 2.05. The van der Waals surface area contributed by atoms with Gasteiger partial charge in [-0.2, -0.15) is 13.2 Å². The quantitative estimate of drug-likeness (QED) is 0.487. The second-order valence-corrected chi connectivity index (χ2v) is 3.59. The summed E-state index contributed by atoms with van der Waals surface area (Å²) >= 11 is 0. The average molecular weight is 300 g/mol. The van der Waals surface area contributed by atoms with E-state index in [9.17, 15) is 35.9 Å². The molecule has 0 aliphatic carbocycles. The fourth-order valence-electron chi connectivity index (χ4n) is 1.19. The van der Waals surface area contributed by atoms with Crippen LogP contribution in [0.5, 0.6) is 5.75 Å². The number of hydrogen-bond acceptors (Lipinski definition) is 3. The highest BCUT2D eigenvalue weighted by Gasteiger charge is 2.39. The molecule has 1 aromatic rings. The van der Waals surface area contributed by atoms with E-state index in [1.807, 2.05) is 0 Å². The van der Waals surface area contributed by atoms with Gasteiger partial charge in [0, 0.05) is 5.56 Å². The van der Waals surface area contributed by atoms with Gasteiger partial charge in [-0.05, 0) is 24.3 Å². The second-order valence-electron chi connectivity index (χ2n) is 3.59. The van der Waals surface area contributed by atoms with Gasteiger partial charge in [0.15, 0.2) is 5.78 Å². The summed E-state index contributed by atoms with van der Waals surface area (Å²) in [7, 11) is 0. The summed E-state index contributed by atoms with van der Waals surface area (Å²) in [5.41, 5.74) is -0.322. The topological polar surface area (TPSA) is 43.4 Å². The molecule has 0 aliphatic rings. The van der Waals surface area contributed by atoms with Gasteiger partial charge < -0.3 is 4.74 Å². The highest BCUT2D eigenvalue weighted by molar-refractivity contribution is 6.09. The van der Waals surface area contributed by atoms with Crippen LogP contribution in [0.25, 0.3) is 0 Å². The predicted octanol–water partition coefficient (Wildman–Crippen LogP) is 3.29. The second kappa shape index (κ2) is 5.51. The minimum atomic E-state index is -5.13. The number of Topliss-reactive ketones (excluding diaryl/α,β-unsaturated/α-hetero) is 2. The lowest BCUT2D eigenvalue weighted by atomic mass is 10.1. The summed E-state index contributed by atoms with van der Waals surface area (Å²) < 4.78 is 74.8. The van der Waals surface area contributed by atoms with Crippen molar-refractivity contribution >= 4 is 11.6 Å². The molecule has 0 unspecified atom stereocenters. The number of benzene rings is 1. The van der Waals surface area contributed by atoms with Crippen molar-refractivity contribution in [3.63, 3.8) is 0 Å². The average Bonchev–Trinajstić information content (AvgIpc) is 2.26. The van der Waals surface area contributed by atoms with E-state index in [2.05, 4.69) is 4.74 Å². The highest BCUT2D eigenvalue weighted by atomic mass is 19.4. The smallest absolute Gasteiger partial charge is 0.406 e. The molecule has 0 atom stereocenters. The summed E-state index contributed by atoms with van der Waals surface area (Å²) in [6.07, 6.45) is -11.4. The van der Waals surface area contributed by atoms with E-state index >= 15 is 0 Å². The van der Waals surface area contributed by atoms with Gasteiger partial charge in [0.25, 0.3) is 0 Å². The molecule has 0 N–H and O–H groups in total. The van der Waals surface area contributed by atoms with Crippen molar-refractivity contribution < 1.29 is 40.7 Å². The van der Waals surface area contributed by atoms with Crippen molar-refractivity contribution in [1.29, 1.82) is 0 Å². The molecule has 0 saturated heterocycles. The Labute approximate surface area is 108 Å². The zero-order chi connectivity index (χ0) is 15.6. The van der Waals surface area contributed by atoms with Crippen molar-refractivity contribution in [3.05, 3.63) is 29.8 Å². The third kappa shape index (κ3) is 4.90. The summed E-state index contributed by atoms with van der Waals surface area (Å²) in [4.78, 5) is 21.9. The lowest BCUT2D eigenvalue weighted by molar-refractivity contribution is -0.274. The predicted molar refractivity (Wildman–Crippen MR) is 53.1 cm³/mol. The van der Waals surface area contributed by atoms with Crippen LogP contribution in [0.2, 0.25) is 0 Å². The molecule has 0 radical (unpaired) electrons. The Hall–Kier alpha value is -2.06. The van der Waals surface area contributed by atoms with Crippen molar-refractivity contribution in [2.45, 2.75) is 19.0 Å². The molecule has 0 spiro atoms. The molecule has 0 heterocycles. The molecule has 0 aromatic heterocycles. The van der Waals surface area contributed by atoms with Crippen LogP contribution in [0.15, 0.2) is 24.3 Å². The fourth-order valence-corrected chi connectivity index (χ4v) is 1.19. The Bertz CT molecular complexity index is 500. The summed E-state index contributed by atoms with van der Waals surface area (Å²) in [5, 5.41) is 0. The first kappa shape index (κ1) is 16.0. The molecule has 20 heavy (non-hydrogen) atoms. The molecule has 1 aromatic carbocycles. The lowest BCUT2D eigenvalue weighted by Crippen LogP contribution is -2.25. The molecule has 1 rings (SSSR count). The number of carbonyl (C=O) groups excluding carboxylic acids is 2. The molecule has 0 aliphatic heterocycles. The minimum Gasteiger partial charge on any atom is -0.406 e. The van der Waals surface area contributed by atoms with Crippen LogP contribution < -0.4 is 4.74 Å². The number of alkyl halides is 6. The van der Waals surface area contributed by atoms with Crippen LogP contribution in [0, 0.1) is 0 Å². The third-order valence-electron chi connectivity index (χ3n) is 2.05. The Morgan fingerprint density at radius 3 is 1.85 bits per heavy atom. The zero-order valence-electron chi connectivity index (χ0n) is 9.51. The van der Waals surface area contributed by atoms with Crippen molar-refractivity contribution in [2.75, 3.05) is 0 Å². The van der Waals surface area contributed by atoms with Crippen molar-refractivity contribution in [2.24, 2.45) is 0 Å². The maximum absolute atomic E-state index is 11.9. The molecule has 0 saturated carbocycles. The Balaban J connectivity index is 2.74. The Kier molecular flexibility index (Phi) is 4.41. The van der Waals surface area contributed by atoms with Crippen molar-refractivity contribution in [1.82, 2.24) is 0 Å². The van der Waals surface area contributed by atoms with Gasteiger partial charge in [0.05, 0.1) is 6.42 Å². The summed E-state index contributed by atoms with van der Waals surface area (Å²) in [5.74, 6) is -4.00. The van der Waals surface area contributed by atoms with E-state index in [1.54, 1.807) is 0 Å². The Morgan fingerprint density at radius 2 is 1.45 bits per heavy atom. The normalized spacial score (nSPS) is 12.1. The van der Waals surface area contributed by atoms with Crippen LogP contribution in [-0.4, -0.2) is 24.1 Å². The lowest BCUT2D eigenvalue weighted by Gasteiger charge is -2.09. The maximum Gasteiger partial charge on any atom is 0.573 e. The highest BCUT2D eigenvalue weighted by Crippen LogP contribution is 2.24. The monoisotopic (exact) mass is 300 g/mol. The number of ketones is 2. The SMILES string of the molecule is O=C(CC(=O)C(F)(F)F)c1ccc(OC(F)(F)F)cc1. The molecular formula is C11H6F6O3. The van der Waals surface area contributed by atoms with Gasteiger partial charge in [0.2, 0.25) is 5.78 Å². The first-order valence-corrected chi connectivity index (χ1v) is 4.98. The van der Waals surface area contributed by atoms with Crippen LogP contribution >= 0.6 is 0 Å². The molecule has 110 valence electrons. The van der Waals surface area contributed by atoms with E-state index in [0.29, 0.717) is 0 Å². The standard InChI is InChI=1S/C11H6F6O3/c12-10(13,14)9(19)5-8(18)6-1-3-7(4-2-6)20-11(15,16)17/h1-4H,5H2. The number of carbonyl (C=O) groups is 2. The molecular weight excluding hydrogens is 294 g/mol. The minimum absolute atomic E-state index is 0.322. The molecule has 9 heteroatoms. The van der Waals surface area contributed by atoms with Crippen LogP contribution in [0.1, 0.15) is 16.8 Å². The molecule has 0 amide bonds. The van der Waals surface area contributed by atoms with Gasteiger partial charge in [0.1, 0.15) is 5.75 Å². The summed E-state index contributed by atoms with van der Waals surface area (Å²) in [6.45, 7) is 0. The zero-order valence-corrected chi connectivity index (χ0v) is 9.51. The van der Waals surface area contributed by atoms with Crippen LogP contribution in [-0.2, 0) is 4.79 Å². The largest absolute Gasteiger partial charge is 0.573 e. The van der Waals surface area contributed by atoms with E-state index in [1.165, 1.54) is 0 Å². The van der Waals surface area contributed by atoms with E-state index in [-0.39, 0.29) is 5.56 Å². The number of rotatable bonds is 4. The summed E-state index contributed by atoms with van der Waals surface area (Å²) in [6, 6.07) is 3.21. The maximum atomic E-state index is 11.9. The van der Waals surface area contributed by atoms with Gasteiger partial charge in [-0.15, -0.1) is 13.2 Å².